The third kappa shape index (κ3) is 3.48. The van der Waals surface area contributed by atoms with Crippen LogP contribution in [0.1, 0.15) is 5.56 Å². The molecule has 0 aliphatic carbocycles. The number of halogens is 1. The zero-order chi connectivity index (χ0) is 22.8. The van der Waals surface area contributed by atoms with Crippen LogP contribution in [0.25, 0.3) is 28.0 Å². The van der Waals surface area contributed by atoms with Crippen LogP contribution in [-0.4, -0.2) is 41.7 Å². The topological polar surface area (TPSA) is 92.8 Å². The van der Waals surface area contributed by atoms with Gasteiger partial charge in [-0.15, -0.1) is 0 Å². The van der Waals surface area contributed by atoms with Crippen LogP contribution >= 0.6 is 0 Å². The van der Waals surface area contributed by atoms with Crippen LogP contribution in [-0.2, 0) is 4.74 Å². The van der Waals surface area contributed by atoms with E-state index < -0.39 is 11.9 Å². The number of ether oxygens (including phenoxy) is 2. The number of nitrogens with zero attached hydrogens (tertiary/aromatic N) is 5. The minimum absolute atomic E-state index is 0.0707. The number of anilines is 1. The summed E-state index contributed by atoms with van der Waals surface area (Å²) in [5.41, 5.74) is 3.40. The molecule has 1 amide bonds. The fourth-order valence-corrected chi connectivity index (χ4v) is 3.45. The smallest absolute Gasteiger partial charge is 0.413 e. The SMILES string of the molecule is COC(=O)N(C)c1ccc(-c2c(-c3ccc(C#N)cc3)nc(OC)n3ccnc23)cc1F. The van der Waals surface area contributed by atoms with Crippen molar-refractivity contribution in [2.24, 2.45) is 0 Å². The Morgan fingerprint density at radius 2 is 1.88 bits per heavy atom. The van der Waals surface area contributed by atoms with E-state index in [0.717, 1.165) is 4.90 Å². The molecule has 8 nitrogen and oxygen atoms in total. The number of rotatable bonds is 4. The van der Waals surface area contributed by atoms with Crippen molar-refractivity contribution in [1.29, 1.82) is 5.26 Å². The van der Waals surface area contributed by atoms with Gasteiger partial charge in [-0.25, -0.2) is 14.2 Å². The maximum absolute atomic E-state index is 15.0. The number of hydrogen-bond acceptors (Lipinski definition) is 6. The second kappa shape index (κ2) is 8.35. The second-order valence-corrected chi connectivity index (χ2v) is 6.83. The third-order valence-corrected chi connectivity index (χ3v) is 5.03. The highest BCUT2D eigenvalue weighted by Crippen LogP contribution is 2.37. The number of hydrogen-bond donors (Lipinski definition) is 0. The van der Waals surface area contributed by atoms with Crippen molar-refractivity contribution >= 4 is 17.4 Å². The van der Waals surface area contributed by atoms with Crippen LogP contribution in [0, 0.1) is 17.1 Å². The van der Waals surface area contributed by atoms with Gasteiger partial charge in [-0.05, 0) is 29.8 Å². The van der Waals surface area contributed by atoms with E-state index in [-0.39, 0.29) is 5.69 Å². The van der Waals surface area contributed by atoms with Crippen molar-refractivity contribution in [1.82, 2.24) is 14.4 Å². The monoisotopic (exact) mass is 431 g/mol. The van der Waals surface area contributed by atoms with E-state index in [1.165, 1.54) is 33.4 Å². The molecule has 2 aromatic carbocycles. The van der Waals surface area contributed by atoms with Gasteiger partial charge in [-0.3, -0.25) is 9.30 Å². The maximum atomic E-state index is 15.0. The summed E-state index contributed by atoms with van der Waals surface area (Å²) in [6.45, 7) is 0. The first kappa shape index (κ1) is 20.8. The molecule has 32 heavy (non-hydrogen) atoms. The van der Waals surface area contributed by atoms with Gasteiger partial charge in [0.25, 0.3) is 0 Å². The first-order chi connectivity index (χ1) is 15.5. The summed E-state index contributed by atoms with van der Waals surface area (Å²) in [5.74, 6) is -0.610. The van der Waals surface area contributed by atoms with E-state index in [4.69, 9.17) is 10.00 Å². The van der Waals surface area contributed by atoms with Gasteiger partial charge in [0.2, 0.25) is 0 Å². The fourth-order valence-electron chi connectivity index (χ4n) is 3.45. The fraction of sp³-hybridized carbons (Fsp3) is 0.130. The molecule has 0 aliphatic heterocycles. The molecule has 2 heterocycles. The van der Waals surface area contributed by atoms with Gasteiger partial charge >= 0.3 is 12.1 Å². The Balaban J connectivity index is 1.95. The van der Waals surface area contributed by atoms with Crippen molar-refractivity contribution in [2.45, 2.75) is 0 Å². The largest absolute Gasteiger partial charge is 0.468 e. The Bertz CT molecular complexity index is 1360. The van der Waals surface area contributed by atoms with E-state index >= 15 is 4.39 Å². The molecule has 2 aromatic heterocycles. The number of amides is 1. The van der Waals surface area contributed by atoms with Crippen LogP contribution in [0.15, 0.2) is 54.9 Å². The molecular weight excluding hydrogens is 413 g/mol. The number of carbonyl (C=O) groups excluding carboxylic acids is 1. The van der Waals surface area contributed by atoms with Gasteiger partial charge in [0.15, 0.2) is 5.65 Å². The Morgan fingerprint density at radius 1 is 1.16 bits per heavy atom. The van der Waals surface area contributed by atoms with Crippen molar-refractivity contribution in [3.05, 3.63) is 66.2 Å². The molecule has 0 atom stereocenters. The summed E-state index contributed by atoms with van der Waals surface area (Å²) < 4.78 is 26.8. The first-order valence-corrected chi connectivity index (χ1v) is 9.51. The number of carbonyl (C=O) groups is 1. The minimum atomic E-state index is -0.684. The van der Waals surface area contributed by atoms with E-state index in [1.807, 2.05) is 0 Å². The number of benzene rings is 2. The molecule has 0 bridgehead atoms. The molecule has 4 rings (SSSR count). The average molecular weight is 431 g/mol. The summed E-state index contributed by atoms with van der Waals surface area (Å²) in [7, 11) is 4.15. The third-order valence-electron chi connectivity index (χ3n) is 5.03. The molecule has 0 aliphatic rings. The van der Waals surface area contributed by atoms with E-state index in [1.54, 1.807) is 47.1 Å². The summed E-state index contributed by atoms with van der Waals surface area (Å²) in [6, 6.07) is 13.8. The van der Waals surface area contributed by atoms with Gasteiger partial charge < -0.3 is 9.47 Å². The zero-order valence-corrected chi connectivity index (χ0v) is 17.5. The lowest BCUT2D eigenvalue weighted by Crippen LogP contribution is -2.26. The highest BCUT2D eigenvalue weighted by atomic mass is 19.1. The number of methoxy groups -OCH3 is 2. The van der Waals surface area contributed by atoms with Crippen molar-refractivity contribution in [3.63, 3.8) is 0 Å². The standard InChI is InChI=1S/C23H18FN5O3/c1-28(23(30)32-3)18-9-8-16(12-17(18)24)19-20(15-6-4-14(13-25)5-7-15)27-22(31-2)29-11-10-26-21(19)29/h4-12H,1-3H3. The summed E-state index contributed by atoms with van der Waals surface area (Å²) in [6.07, 6.45) is 2.61. The van der Waals surface area contributed by atoms with Crippen LogP contribution in [0.3, 0.4) is 0 Å². The maximum Gasteiger partial charge on any atom is 0.413 e. The van der Waals surface area contributed by atoms with Crippen LogP contribution < -0.4 is 9.64 Å². The molecule has 0 fully saturated rings. The van der Waals surface area contributed by atoms with Gasteiger partial charge in [0.05, 0.1) is 42.8 Å². The molecule has 0 radical (unpaired) electrons. The number of fused-ring (bicyclic) bond motifs is 1. The lowest BCUT2D eigenvalue weighted by molar-refractivity contribution is 0.180. The second-order valence-electron chi connectivity index (χ2n) is 6.83. The normalized spacial score (nSPS) is 10.6. The highest BCUT2D eigenvalue weighted by molar-refractivity contribution is 5.92. The summed E-state index contributed by atoms with van der Waals surface area (Å²) >= 11 is 0. The van der Waals surface area contributed by atoms with E-state index in [0.29, 0.717) is 39.6 Å². The number of aromatic nitrogens is 3. The molecular formula is C23H18FN5O3. The van der Waals surface area contributed by atoms with E-state index in [9.17, 15) is 4.79 Å². The van der Waals surface area contributed by atoms with E-state index in [2.05, 4.69) is 20.8 Å². The molecule has 0 spiro atoms. The molecule has 0 saturated heterocycles. The highest BCUT2D eigenvalue weighted by Gasteiger charge is 2.21. The molecule has 9 heteroatoms. The van der Waals surface area contributed by atoms with Crippen molar-refractivity contribution < 1.29 is 18.7 Å². The number of nitriles is 1. The Kier molecular flexibility index (Phi) is 5.43. The predicted molar refractivity (Wildman–Crippen MR) is 116 cm³/mol. The van der Waals surface area contributed by atoms with Crippen LogP contribution in [0.4, 0.5) is 14.9 Å². The van der Waals surface area contributed by atoms with Crippen molar-refractivity contribution in [3.8, 4) is 34.5 Å². The molecule has 0 unspecified atom stereocenters. The minimum Gasteiger partial charge on any atom is -0.468 e. The summed E-state index contributed by atoms with van der Waals surface area (Å²) in [4.78, 5) is 21.9. The number of imidazole rings is 1. The molecule has 4 aromatic rings. The lowest BCUT2D eigenvalue weighted by Gasteiger charge is -2.18. The van der Waals surface area contributed by atoms with Gasteiger partial charge in [0, 0.05) is 25.0 Å². The van der Waals surface area contributed by atoms with Crippen LogP contribution in [0.5, 0.6) is 6.01 Å². The Hall–Kier alpha value is -4.45. The van der Waals surface area contributed by atoms with Crippen LogP contribution in [0.2, 0.25) is 0 Å². The molecule has 0 N–H and O–H groups in total. The predicted octanol–water partition coefficient (Wildman–Crippen LogP) is 4.29. The lowest BCUT2D eigenvalue weighted by atomic mass is 9.99. The first-order valence-electron chi connectivity index (χ1n) is 9.51. The summed E-state index contributed by atoms with van der Waals surface area (Å²) in [5, 5.41) is 9.11. The molecule has 160 valence electrons. The van der Waals surface area contributed by atoms with Gasteiger partial charge in [-0.2, -0.15) is 10.2 Å². The quantitative estimate of drug-likeness (QED) is 0.479. The Labute approximate surface area is 183 Å². The van der Waals surface area contributed by atoms with Gasteiger partial charge in [-0.1, -0.05) is 18.2 Å². The zero-order valence-electron chi connectivity index (χ0n) is 17.5. The van der Waals surface area contributed by atoms with Gasteiger partial charge in [0.1, 0.15) is 5.82 Å². The molecule has 0 saturated carbocycles. The van der Waals surface area contributed by atoms with Crippen molar-refractivity contribution in [2.75, 3.05) is 26.2 Å². The Morgan fingerprint density at radius 3 is 2.50 bits per heavy atom. The average Bonchev–Trinajstić information content (AvgIpc) is 3.32.